The van der Waals surface area contributed by atoms with Crippen molar-refractivity contribution < 1.29 is 14.4 Å². The average molecular weight is 337 g/mol. The highest BCUT2D eigenvalue weighted by molar-refractivity contribution is 6.06. The van der Waals surface area contributed by atoms with Gasteiger partial charge in [-0.15, -0.1) is 0 Å². The first-order valence-corrected chi connectivity index (χ1v) is 8.15. The topological polar surface area (TPSA) is 78.5 Å². The third kappa shape index (κ3) is 4.03. The molecule has 2 aromatic carbocycles. The molecule has 128 valence electrons. The molecule has 1 aliphatic rings. The van der Waals surface area contributed by atoms with Gasteiger partial charge in [-0.25, -0.2) is 4.79 Å². The Bertz CT molecular complexity index is 762. The molecule has 1 unspecified atom stereocenters. The number of anilines is 1. The first-order chi connectivity index (χ1) is 12.1. The molecule has 1 aliphatic heterocycles. The Hall–Kier alpha value is -3.15. The molecule has 1 fully saturated rings. The van der Waals surface area contributed by atoms with E-state index in [1.807, 2.05) is 36.4 Å². The lowest BCUT2D eigenvalue weighted by molar-refractivity contribution is -0.132. The van der Waals surface area contributed by atoms with Gasteiger partial charge in [0.15, 0.2) is 0 Å². The van der Waals surface area contributed by atoms with Crippen LogP contribution in [0.15, 0.2) is 60.7 Å². The zero-order valence-corrected chi connectivity index (χ0v) is 13.6. The van der Waals surface area contributed by atoms with Gasteiger partial charge in [-0.1, -0.05) is 48.5 Å². The summed E-state index contributed by atoms with van der Waals surface area (Å²) in [6.45, 7) is 0.360. The lowest BCUT2D eigenvalue weighted by Gasteiger charge is -2.22. The minimum absolute atomic E-state index is 0.186. The predicted octanol–water partition coefficient (Wildman–Crippen LogP) is 2.53. The van der Waals surface area contributed by atoms with Crippen molar-refractivity contribution in [2.24, 2.45) is 0 Å². The fourth-order valence-corrected chi connectivity index (χ4v) is 2.79. The van der Waals surface area contributed by atoms with Gasteiger partial charge in [-0.2, -0.15) is 0 Å². The molecule has 0 spiro atoms. The minimum atomic E-state index is -0.778. The van der Waals surface area contributed by atoms with Crippen molar-refractivity contribution in [3.05, 3.63) is 66.2 Å². The van der Waals surface area contributed by atoms with Crippen molar-refractivity contribution in [1.82, 2.24) is 10.2 Å². The van der Waals surface area contributed by atoms with Crippen LogP contribution in [0.5, 0.6) is 0 Å². The number of hydrogen-bond acceptors (Lipinski definition) is 3. The summed E-state index contributed by atoms with van der Waals surface area (Å²) in [5.74, 6) is -0.661. The quantitative estimate of drug-likeness (QED) is 0.900. The number of benzene rings is 2. The first-order valence-electron chi connectivity index (χ1n) is 8.15. The third-order valence-electron chi connectivity index (χ3n) is 4.07. The fourth-order valence-electron chi connectivity index (χ4n) is 2.79. The number of likely N-dealkylation sites (tertiary alicyclic amines) is 1. The number of imide groups is 1. The van der Waals surface area contributed by atoms with E-state index in [9.17, 15) is 14.4 Å². The SMILES string of the molecule is O=C(NCc1ccccc1)C1CCC(=O)N1C(=O)Nc1ccccc1. The van der Waals surface area contributed by atoms with Crippen LogP contribution in [0.2, 0.25) is 0 Å². The third-order valence-corrected chi connectivity index (χ3v) is 4.07. The monoisotopic (exact) mass is 337 g/mol. The molecule has 4 amide bonds. The van der Waals surface area contributed by atoms with Crippen molar-refractivity contribution in [1.29, 1.82) is 0 Å². The second-order valence-electron chi connectivity index (χ2n) is 5.82. The summed E-state index contributed by atoms with van der Waals surface area (Å²) in [5.41, 5.74) is 1.54. The fraction of sp³-hybridized carbons (Fsp3) is 0.211. The second kappa shape index (κ2) is 7.61. The molecular weight excluding hydrogens is 318 g/mol. The van der Waals surface area contributed by atoms with Gasteiger partial charge in [-0.05, 0) is 24.1 Å². The normalized spacial score (nSPS) is 16.6. The summed E-state index contributed by atoms with van der Waals surface area (Å²) in [6, 6.07) is 17.0. The number of para-hydroxylation sites is 1. The summed E-state index contributed by atoms with van der Waals surface area (Å²) < 4.78 is 0. The van der Waals surface area contributed by atoms with Crippen LogP contribution in [0.1, 0.15) is 18.4 Å². The van der Waals surface area contributed by atoms with Gasteiger partial charge in [0.25, 0.3) is 0 Å². The average Bonchev–Trinajstić information content (AvgIpc) is 3.03. The molecule has 1 saturated heterocycles. The molecule has 6 nitrogen and oxygen atoms in total. The van der Waals surface area contributed by atoms with E-state index in [4.69, 9.17) is 0 Å². The van der Waals surface area contributed by atoms with E-state index < -0.39 is 12.1 Å². The lowest BCUT2D eigenvalue weighted by atomic mass is 10.2. The molecule has 0 aliphatic carbocycles. The maximum atomic E-state index is 12.4. The van der Waals surface area contributed by atoms with Gasteiger partial charge >= 0.3 is 6.03 Å². The maximum Gasteiger partial charge on any atom is 0.329 e. The van der Waals surface area contributed by atoms with Crippen molar-refractivity contribution in [3.8, 4) is 0 Å². The summed E-state index contributed by atoms with van der Waals surface area (Å²) in [4.78, 5) is 38.0. The Kier molecular flexibility index (Phi) is 5.09. The number of nitrogens with zero attached hydrogens (tertiary/aromatic N) is 1. The van der Waals surface area contributed by atoms with E-state index in [-0.39, 0.29) is 18.2 Å². The van der Waals surface area contributed by atoms with Crippen LogP contribution in [0.3, 0.4) is 0 Å². The zero-order valence-electron chi connectivity index (χ0n) is 13.6. The largest absolute Gasteiger partial charge is 0.350 e. The van der Waals surface area contributed by atoms with Crippen LogP contribution in [-0.4, -0.2) is 28.8 Å². The molecule has 2 N–H and O–H groups in total. The highest BCUT2D eigenvalue weighted by Crippen LogP contribution is 2.20. The Morgan fingerprint density at radius 3 is 2.32 bits per heavy atom. The zero-order chi connectivity index (χ0) is 17.6. The summed E-state index contributed by atoms with van der Waals surface area (Å²) in [7, 11) is 0. The van der Waals surface area contributed by atoms with E-state index in [1.54, 1.807) is 24.3 Å². The van der Waals surface area contributed by atoms with Crippen LogP contribution in [0, 0.1) is 0 Å². The van der Waals surface area contributed by atoms with Crippen LogP contribution < -0.4 is 10.6 Å². The molecule has 0 saturated carbocycles. The Labute approximate surface area is 145 Å². The molecule has 0 aromatic heterocycles. The van der Waals surface area contributed by atoms with Gasteiger partial charge in [0.2, 0.25) is 11.8 Å². The van der Waals surface area contributed by atoms with Gasteiger partial charge < -0.3 is 10.6 Å². The molecule has 0 radical (unpaired) electrons. The Morgan fingerprint density at radius 2 is 1.64 bits per heavy atom. The minimum Gasteiger partial charge on any atom is -0.350 e. The number of urea groups is 1. The van der Waals surface area contributed by atoms with Crippen molar-refractivity contribution in [2.45, 2.75) is 25.4 Å². The molecule has 3 rings (SSSR count). The van der Waals surface area contributed by atoms with Gasteiger partial charge in [-0.3, -0.25) is 14.5 Å². The van der Waals surface area contributed by atoms with E-state index in [0.29, 0.717) is 18.7 Å². The molecule has 1 heterocycles. The number of nitrogens with one attached hydrogen (secondary N) is 2. The molecule has 6 heteroatoms. The van der Waals surface area contributed by atoms with Gasteiger partial charge in [0, 0.05) is 18.7 Å². The van der Waals surface area contributed by atoms with Crippen molar-refractivity contribution >= 4 is 23.5 Å². The van der Waals surface area contributed by atoms with Crippen LogP contribution >= 0.6 is 0 Å². The van der Waals surface area contributed by atoms with Gasteiger partial charge in [0.1, 0.15) is 6.04 Å². The van der Waals surface area contributed by atoms with Crippen LogP contribution in [0.25, 0.3) is 0 Å². The summed E-state index contributed by atoms with van der Waals surface area (Å²) >= 11 is 0. The Morgan fingerprint density at radius 1 is 1.00 bits per heavy atom. The van der Waals surface area contributed by atoms with Gasteiger partial charge in [0.05, 0.1) is 0 Å². The number of carbonyl (C=O) groups is 3. The number of carbonyl (C=O) groups excluding carboxylic acids is 3. The van der Waals surface area contributed by atoms with E-state index in [0.717, 1.165) is 10.5 Å². The molecule has 2 aromatic rings. The Balaban J connectivity index is 1.64. The highest BCUT2D eigenvalue weighted by Gasteiger charge is 2.40. The lowest BCUT2D eigenvalue weighted by Crippen LogP contribution is -2.49. The van der Waals surface area contributed by atoms with Crippen LogP contribution in [0.4, 0.5) is 10.5 Å². The highest BCUT2D eigenvalue weighted by atomic mass is 16.2. The number of rotatable bonds is 4. The first kappa shape index (κ1) is 16.7. The molecule has 1 atom stereocenters. The van der Waals surface area contributed by atoms with E-state index in [2.05, 4.69) is 10.6 Å². The molecule has 0 bridgehead atoms. The number of hydrogen-bond donors (Lipinski definition) is 2. The van der Waals surface area contributed by atoms with E-state index in [1.165, 1.54) is 0 Å². The van der Waals surface area contributed by atoms with E-state index >= 15 is 0 Å². The maximum absolute atomic E-state index is 12.4. The molecular formula is C19H19N3O3. The van der Waals surface area contributed by atoms with Crippen molar-refractivity contribution in [2.75, 3.05) is 5.32 Å². The summed E-state index contributed by atoms with van der Waals surface area (Å²) in [6.07, 6.45) is 0.521. The second-order valence-corrected chi connectivity index (χ2v) is 5.82. The van der Waals surface area contributed by atoms with Crippen LogP contribution in [-0.2, 0) is 16.1 Å². The van der Waals surface area contributed by atoms with Crippen molar-refractivity contribution in [3.63, 3.8) is 0 Å². The number of amides is 4. The smallest absolute Gasteiger partial charge is 0.329 e. The summed E-state index contributed by atoms with van der Waals surface area (Å²) in [5, 5.41) is 5.46. The molecule has 25 heavy (non-hydrogen) atoms. The standard InChI is InChI=1S/C19H19N3O3/c23-17-12-11-16(18(24)20-13-14-7-3-1-4-8-14)22(17)19(25)21-15-9-5-2-6-10-15/h1-10,16H,11-13H2,(H,20,24)(H,21,25). The predicted molar refractivity (Wildman–Crippen MR) is 93.6 cm³/mol.